The molecule has 0 saturated heterocycles. The minimum atomic E-state index is 1.11. The van der Waals surface area contributed by atoms with E-state index in [4.69, 9.17) is 0 Å². The molecule has 0 spiro atoms. The maximum absolute atomic E-state index is 3.38. The van der Waals surface area contributed by atoms with E-state index in [0.29, 0.717) is 0 Å². The van der Waals surface area contributed by atoms with Crippen molar-refractivity contribution in [2.45, 2.75) is 59.3 Å². The van der Waals surface area contributed by atoms with Gasteiger partial charge in [0.15, 0.2) is 0 Å². The summed E-state index contributed by atoms with van der Waals surface area (Å²) < 4.78 is 0. The lowest BCUT2D eigenvalue weighted by Crippen LogP contribution is -2.26. The standard InChI is InChI=1S/C14H32N2/c1-4-12-16(13-5-2)14-10-8-7-9-11-15-6-3/h15H,4-14H2,1-3H3. The van der Waals surface area contributed by atoms with Crippen LogP contribution in [-0.4, -0.2) is 37.6 Å². The van der Waals surface area contributed by atoms with Crippen LogP contribution in [0.25, 0.3) is 0 Å². The number of hydrogen-bond acceptors (Lipinski definition) is 2. The van der Waals surface area contributed by atoms with E-state index in [1.165, 1.54) is 64.7 Å². The summed E-state index contributed by atoms with van der Waals surface area (Å²) in [5.41, 5.74) is 0. The Kier molecular flexibility index (Phi) is 12.9. The summed E-state index contributed by atoms with van der Waals surface area (Å²) in [6.45, 7) is 12.9. The molecule has 98 valence electrons. The van der Waals surface area contributed by atoms with Gasteiger partial charge in [0.2, 0.25) is 0 Å². The van der Waals surface area contributed by atoms with Gasteiger partial charge in [0, 0.05) is 0 Å². The van der Waals surface area contributed by atoms with E-state index in [-0.39, 0.29) is 0 Å². The first-order valence-corrected chi connectivity index (χ1v) is 7.28. The van der Waals surface area contributed by atoms with Crippen molar-refractivity contribution >= 4 is 0 Å². The van der Waals surface area contributed by atoms with Gasteiger partial charge in [-0.15, -0.1) is 0 Å². The third-order valence-corrected chi connectivity index (χ3v) is 2.91. The fourth-order valence-electron chi connectivity index (χ4n) is 2.08. The zero-order valence-corrected chi connectivity index (χ0v) is 11.7. The van der Waals surface area contributed by atoms with Crippen molar-refractivity contribution in [3.63, 3.8) is 0 Å². The summed E-state index contributed by atoms with van der Waals surface area (Å²) in [5.74, 6) is 0. The van der Waals surface area contributed by atoms with Gasteiger partial charge in [-0.3, -0.25) is 0 Å². The first-order chi connectivity index (χ1) is 7.85. The number of rotatable bonds is 12. The van der Waals surface area contributed by atoms with E-state index < -0.39 is 0 Å². The lowest BCUT2D eigenvalue weighted by Gasteiger charge is -2.20. The highest BCUT2D eigenvalue weighted by atomic mass is 15.1. The second kappa shape index (κ2) is 13.0. The Labute approximate surface area is 103 Å². The normalized spacial score (nSPS) is 11.2. The molecule has 0 aliphatic rings. The van der Waals surface area contributed by atoms with Gasteiger partial charge in [0.1, 0.15) is 0 Å². The minimum Gasteiger partial charge on any atom is -0.317 e. The van der Waals surface area contributed by atoms with Crippen LogP contribution in [0.4, 0.5) is 0 Å². The molecule has 16 heavy (non-hydrogen) atoms. The summed E-state index contributed by atoms with van der Waals surface area (Å²) in [5, 5.41) is 3.38. The van der Waals surface area contributed by atoms with Crippen LogP contribution in [0.1, 0.15) is 59.3 Å². The van der Waals surface area contributed by atoms with Gasteiger partial charge >= 0.3 is 0 Å². The van der Waals surface area contributed by atoms with Crippen LogP contribution in [0, 0.1) is 0 Å². The molecule has 0 heterocycles. The predicted octanol–water partition coefficient (Wildman–Crippen LogP) is 3.28. The Bertz CT molecular complexity index is 120. The number of unbranched alkanes of at least 4 members (excludes halogenated alkanes) is 3. The Morgan fingerprint density at radius 2 is 1.38 bits per heavy atom. The molecular weight excluding hydrogens is 196 g/mol. The maximum atomic E-state index is 3.38. The molecule has 0 saturated carbocycles. The van der Waals surface area contributed by atoms with Crippen LogP contribution in [0.5, 0.6) is 0 Å². The predicted molar refractivity (Wildman–Crippen MR) is 74.0 cm³/mol. The quantitative estimate of drug-likeness (QED) is 0.516. The molecule has 2 nitrogen and oxygen atoms in total. The maximum Gasteiger partial charge on any atom is -0.00187 e. The van der Waals surface area contributed by atoms with Crippen LogP contribution >= 0.6 is 0 Å². The molecule has 0 amide bonds. The monoisotopic (exact) mass is 228 g/mol. The summed E-state index contributed by atoms with van der Waals surface area (Å²) >= 11 is 0. The zero-order valence-electron chi connectivity index (χ0n) is 11.7. The van der Waals surface area contributed by atoms with Crippen LogP contribution in [-0.2, 0) is 0 Å². The van der Waals surface area contributed by atoms with Crippen molar-refractivity contribution in [1.29, 1.82) is 0 Å². The van der Waals surface area contributed by atoms with Gasteiger partial charge in [-0.1, -0.05) is 33.6 Å². The smallest absolute Gasteiger partial charge is 0.00187 e. The van der Waals surface area contributed by atoms with Gasteiger partial charge < -0.3 is 10.2 Å². The SMILES string of the molecule is CCCN(CCC)CCCCCCNCC. The Balaban J connectivity index is 3.25. The van der Waals surface area contributed by atoms with Crippen LogP contribution in [0.2, 0.25) is 0 Å². The summed E-state index contributed by atoms with van der Waals surface area (Å²) in [6.07, 6.45) is 8.09. The number of nitrogens with one attached hydrogen (secondary N) is 1. The summed E-state index contributed by atoms with van der Waals surface area (Å²) in [6, 6.07) is 0. The van der Waals surface area contributed by atoms with Crippen LogP contribution in [0.15, 0.2) is 0 Å². The molecular formula is C14H32N2. The van der Waals surface area contributed by atoms with E-state index in [9.17, 15) is 0 Å². The number of hydrogen-bond donors (Lipinski definition) is 1. The molecule has 0 aromatic carbocycles. The summed E-state index contributed by atoms with van der Waals surface area (Å²) in [7, 11) is 0. The first kappa shape index (κ1) is 15.9. The van der Waals surface area contributed by atoms with Crippen molar-refractivity contribution in [3.05, 3.63) is 0 Å². The third kappa shape index (κ3) is 10.4. The topological polar surface area (TPSA) is 15.3 Å². The molecule has 0 unspecified atom stereocenters. The zero-order chi connectivity index (χ0) is 12.1. The average molecular weight is 228 g/mol. The molecule has 0 fully saturated rings. The van der Waals surface area contributed by atoms with Gasteiger partial charge in [-0.25, -0.2) is 0 Å². The highest BCUT2D eigenvalue weighted by Crippen LogP contribution is 2.03. The molecule has 2 heteroatoms. The van der Waals surface area contributed by atoms with Gasteiger partial charge in [0.05, 0.1) is 0 Å². The molecule has 0 bridgehead atoms. The number of nitrogens with zero attached hydrogens (tertiary/aromatic N) is 1. The fourth-order valence-corrected chi connectivity index (χ4v) is 2.08. The van der Waals surface area contributed by atoms with Crippen LogP contribution < -0.4 is 5.32 Å². The van der Waals surface area contributed by atoms with Gasteiger partial charge in [0.25, 0.3) is 0 Å². The first-order valence-electron chi connectivity index (χ1n) is 7.28. The molecule has 0 aliphatic heterocycles. The molecule has 0 atom stereocenters. The van der Waals surface area contributed by atoms with Crippen molar-refractivity contribution in [1.82, 2.24) is 10.2 Å². The van der Waals surface area contributed by atoms with Crippen LogP contribution in [0.3, 0.4) is 0 Å². The fraction of sp³-hybridized carbons (Fsp3) is 1.00. The lowest BCUT2D eigenvalue weighted by molar-refractivity contribution is 0.268. The second-order valence-corrected chi connectivity index (χ2v) is 4.61. The van der Waals surface area contributed by atoms with Gasteiger partial charge in [-0.2, -0.15) is 0 Å². The average Bonchev–Trinajstić information content (AvgIpc) is 2.28. The molecule has 0 aromatic heterocycles. The van der Waals surface area contributed by atoms with E-state index in [1.54, 1.807) is 0 Å². The Morgan fingerprint density at radius 3 is 1.94 bits per heavy atom. The third-order valence-electron chi connectivity index (χ3n) is 2.91. The minimum absolute atomic E-state index is 1.11. The van der Waals surface area contributed by atoms with Crippen molar-refractivity contribution in [2.75, 3.05) is 32.7 Å². The molecule has 0 aliphatic carbocycles. The molecule has 1 N–H and O–H groups in total. The molecule has 0 aromatic rings. The largest absolute Gasteiger partial charge is 0.317 e. The van der Waals surface area contributed by atoms with E-state index in [0.717, 1.165) is 6.54 Å². The lowest BCUT2D eigenvalue weighted by atomic mass is 10.2. The van der Waals surface area contributed by atoms with Crippen molar-refractivity contribution in [3.8, 4) is 0 Å². The summed E-state index contributed by atoms with van der Waals surface area (Å²) in [4.78, 5) is 2.62. The molecule has 0 radical (unpaired) electrons. The Morgan fingerprint density at radius 1 is 0.750 bits per heavy atom. The van der Waals surface area contributed by atoms with Gasteiger partial charge in [-0.05, 0) is 58.4 Å². The highest BCUT2D eigenvalue weighted by Gasteiger charge is 2.01. The highest BCUT2D eigenvalue weighted by molar-refractivity contribution is 4.57. The van der Waals surface area contributed by atoms with Crippen molar-refractivity contribution < 1.29 is 0 Å². The Hall–Kier alpha value is -0.0800. The molecule has 0 rings (SSSR count). The van der Waals surface area contributed by atoms with Crippen molar-refractivity contribution in [2.24, 2.45) is 0 Å². The van der Waals surface area contributed by atoms with E-state index in [2.05, 4.69) is 31.0 Å². The van der Waals surface area contributed by atoms with E-state index >= 15 is 0 Å². The van der Waals surface area contributed by atoms with E-state index in [1.807, 2.05) is 0 Å². The second-order valence-electron chi connectivity index (χ2n) is 4.61.